The summed E-state index contributed by atoms with van der Waals surface area (Å²) in [5, 5.41) is 11.6. The van der Waals surface area contributed by atoms with Crippen LogP contribution in [0.25, 0.3) is 0 Å². The second-order valence-corrected chi connectivity index (χ2v) is 6.00. The number of halogens is 2. The van der Waals surface area contributed by atoms with Crippen LogP contribution >= 0.6 is 31.9 Å². The summed E-state index contributed by atoms with van der Waals surface area (Å²) >= 11 is 6.77. The van der Waals surface area contributed by atoms with Gasteiger partial charge in [-0.1, -0.05) is 0 Å². The van der Waals surface area contributed by atoms with E-state index >= 15 is 0 Å². The number of carbonyl (C=O) groups is 2. The first-order valence-electron chi connectivity index (χ1n) is 5.85. The molecule has 0 saturated carbocycles. The van der Waals surface area contributed by atoms with Crippen molar-refractivity contribution in [3.63, 3.8) is 0 Å². The Kier molecular flexibility index (Phi) is 4.74. The molecule has 2 rings (SSSR count). The van der Waals surface area contributed by atoms with Crippen LogP contribution in [0, 0.1) is 6.92 Å². The van der Waals surface area contributed by atoms with Crippen molar-refractivity contribution in [3.8, 4) is 0 Å². The van der Waals surface area contributed by atoms with Gasteiger partial charge in [-0.25, -0.2) is 9.78 Å². The summed E-state index contributed by atoms with van der Waals surface area (Å²) in [6, 6.07) is 6.43. The van der Waals surface area contributed by atoms with Gasteiger partial charge < -0.3 is 10.4 Å². The number of carboxylic acids is 1. The Morgan fingerprint density at radius 2 is 1.81 bits per heavy atom. The number of carbonyl (C=O) groups excluding carboxylic acids is 1. The van der Waals surface area contributed by atoms with E-state index in [0.29, 0.717) is 5.69 Å². The van der Waals surface area contributed by atoms with Crippen molar-refractivity contribution in [2.45, 2.75) is 6.92 Å². The highest BCUT2D eigenvalue weighted by Gasteiger charge is 2.14. The molecule has 0 aliphatic heterocycles. The Labute approximate surface area is 137 Å². The lowest BCUT2D eigenvalue weighted by atomic mass is 10.2. The molecule has 1 aromatic heterocycles. The van der Waals surface area contributed by atoms with E-state index in [-0.39, 0.29) is 11.3 Å². The van der Waals surface area contributed by atoms with Gasteiger partial charge in [-0.3, -0.25) is 4.79 Å². The first-order chi connectivity index (χ1) is 9.88. The summed E-state index contributed by atoms with van der Waals surface area (Å²) in [6.45, 7) is 1.93. The normalized spacial score (nSPS) is 10.2. The summed E-state index contributed by atoms with van der Waals surface area (Å²) in [5.41, 5.74) is 1.66. The number of hydrogen-bond acceptors (Lipinski definition) is 3. The summed E-state index contributed by atoms with van der Waals surface area (Å²) in [5.74, 6) is -1.59. The zero-order chi connectivity index (χ0) is 15.6. The fourth-order valence-corrected chi connectivity index (χ4v) is 3.31. The molecule has 0 radical (unpaired) electrons. The Morgan fingerprint density at radius 3 is 2.38 bits per heavy atom. The second-order valence-electron chi connectivity index (χ2n) is 4.29. The van der Waals surface area contributed by atoms with Gasteiger partial charge in [0.15, 0.2) is 0 Å². The van der Waals surface area contributed by atoms with Gasteiger partial charge in [0.2, 0.25) is 0 Å². The van der Waals surface area contributed by atoms with Crippen molar-refractivity contribution in [3.05, 3.63) is 56.2 Å². The first kappa shape index (κ1) is 15.7. The molecule has 21 heavy (non-hydrogen) atoms. The second kappa shape index (κ2) is 6.36. The summed E-state index contributed by atoms with van der Waals surface area (Å²) in [6.07, 6.45) is 1.29. The van der Waals surface area contributed by atoms with Gasteiger partial charge in [-0.15, -0.1) is 0 Å². The molecule has 0 aliphatic carbocycles. The average Bonchev–Trinajstić information content (AvgIpc) is 2.42. The van der Waals surface area contributed by atoms with Crippen molar-refractivity contribution in [2.24, 2.45) is 0 Å². The third-order valence-corrected chi connectivity index (χ3v) is 3.92. The predicted octanol–water partition coefficient (Wildman–Crippen LogP) is 3.87. The molecule has 5 nitrogen and oxygen atoms in total. The lowest BCUT2D eigenvalue weighted by molar-refractivity contribution is 0.0690. The van der Waals surface area contributed by atoms with Gasteiger partial charge in [0.25, 0.3) is 5.91 Å². The van der Waals surface area contributed by atoms with Crippen molar-refractivity contribution in [1.29, 1.82) is 0 Å². The molecule has 1 aromatic carbocycles. The number of carboxylic acid groups (broad SMARTS) is 1. The highest BCUT2D eigenvalue weighted by molar-refractivity contribution is 9.11. The van der Waals surface area contributed by atoms with Crippen LogP contribution in [0.1, 0.15) is 26.4 Å². The number of hydrogen-bond donors (Lipinski definition) is 2. The van der Waals surface area contributed by atoms with E-state index in [1.165, 1.54) is 18.3 Å². The molecular weight excluding hydrogens is 404 g/mol. The summed E-state index contributed by atoms with van der Waals surface area (Å²) in [4.78, 5) is 26.8. The molecule has 0 unspecified atom stereocenters. The van der Waals surface area contributed by atoms with E-state index in [2.05, 4.69) is 42.2 Å². The van der Waals surface area contributed by atoms with E-state index < -0.39 is 11.9 Å². The highest BCUT2D eigenvalue weighted by atomic mass is 79.9. The smallest absolute Gasteiger partial charge is 0.354 e. The summed E-state index contributed by atoms with van der Waals surface area (Å²) in [7, 11) is 0. The van der Waals surface area contributed by atoms with Crippen LogP contribution in [0.5, 0.6) is 0 Å². The number of amides is 1. The molecule has 0 spiro atoms. The monoisotopic (exact) mass is 412 g/mol. The topological polar surface area (TPSA) is 79.3 Å². The number of pyridine rings is 1. The van der Waals surface area contributed by atoms with Crippen LogP contribution in [-0.4, -0.2) is 22.0 Å². The maximum Gasteiger partial charge on any atom is 0.354 e. The lowest BCUT2D eigenvalue weighted by Gasteiger charge is -2.11. The van der Waals surface area contributed by atoms with Gasteiger partial charge in [0.1, 0.15) is 5.69 Å². The van der Waals surface area contributed by atoms with Crippen LogP contribution in [-0.2, 0) is 0 Å². The lowest BCUT2D eigenvalue weighted by Crippen LogP contribution is -2.14. The summed E-state index contributed by atoms with van der Waals surface area (Å²) < 4.78 is 1.46. The van der Waals surface area contributed by atoms with Crippen molar-refractivity contribution in [1.82, 2.24) is 4.98 Å². The molecule has 0 fully saturated rings. The van der Waals surface area contributed by atoms with E-state index in [4.69, 9.17) is 5.11 Å². The molecule has 0 aliphatic rings. The molecule has 0 saturated heterocycles. The number of benzene rings is 1. The fourth-order valence-electron chi connectivity index (χ4n) is 1.69. The molecule has 0 bridgehead atoms. The van der Waals surface area contributed by atoms with Gasteiger partial charge in [0, 0.05) is 20.7 Å². The van der Waals surface area contributed by atoms with Gasteiger partial charge in [-0.05, 0) is 68.6 Å². The molecule has 7 heteroatoms. The molecule has 1 amide bonds. The minimum Gasteiger partial charge on any atom is -0.477 e. The standard InChI is InChI=1S/C14H10Br2N2O3/c1-7-4-9(15)12(10(16)5-7)18-13(19)8-2-3-17-11(6-8)14(20)21/h2-6H,1H3,(H,18,19)(H,20,21). The number of nitrogens with zero attached hydrogens (tertiary/aromatic N) is 1. The van der Waals surface area contributed by atoms with Crippen molar-refractivity contribution in [2.75, 3.05) is 5.32 Å². The van der Waals surface area contributed by atoms with Crippen molar-refractivity contribution >= 4 is 49.4 Å². The maximum absolute atomic E-state index is 12.2. The largest absolute Gasteiger partial charge is 0.477 e. The Hall–Kier alpha value is -1.73. The molecule has 2 aromatic rings. The third-order valence-electron chi connectivity index (χ3n) is 2.67. The molecule has 0 atom stereocenters. The van der Waals surface area contributed by atoms with Gasteiger partial charge in [-0.2, -0.15) is 0 Å². The minimum atomic E-state index is -1.18. The predicted molar refractivity (Wildman–Crippen MR) is 85.7 cm³/mol. The molecule has 2 N–H and O–H groups in total. The van der Waals surface area contributed by atoms with Gasteiger partial charge >= 0.3 is 5.97 Å². The zero-order valence-electron chi connectivity index (χ0n) is 10.9. The zero-order valence-corrected chi connectivity index (χ0v) is 14.0. The van der Waals surface area contributed by atoms with E-state index in [1.807, 2.05) is 19.1 Å². The third kappa shape index (κ3) is 3.68. The minimum absolute atomic E-state index is 0.176. The number of nitrogens with one attached hydrogen (secondary N) is 1. The molecular formula is C14H10Br2N2O3. The number of rotatable bonds is 3. The maximum atomic E-state index is 12.2. The SMILES string of the molecule is Cc1cc(Br)c(NC(=O)c2ccnc(C(=O)O)c2)c(Br)c1. The first-order valence-corrected chi connectivity index (χ1v) is 7.43. The number of aryl methyl sites for hydroxylation is 1. The Morgan fingerprint density at radius 1 is 1.19 bits per heavy atom. The van der Waals surface area contributed by atoms with E-state index in [0.717, 1.165) is 14.5 Å². The van der Waals surface area contributed by atoms with E-state index in [9.17, 15) is 9.59 Å². The average molecular weight is 414 g/mol. The van der Waals surface area contributed by atoms with E-state index in [1.54, 1.807) is 0 Å². The molecule has 1 heterocycles. The highest BCUT2D eigenvalue weighted by Crippen LogP contribution is 2.32. The fraction of sp³-hybridized carbons (Fsp3) is 0.0714. The number of aromatic nitrogens is 1. The number of aromatic carboxylic acids is 1. The van der Waals surface area contributed by atoms with Gasteiger partial charge in [0.05, 0.1) is 5.69 Å². The van der Waals surface area contributed by atoms with Crippen LogP contribution in [0.15, 0.2) is 39.4 Å². The van der Waals surface area contributed by atoms with Crippen LogP contribution in [0.4, 0.5) is 5.69 Å². The van der Waals surface area contributed by atoms with Crippen LogP contribution in [0.3, 0.4) is 0 Å². The molecule has 108 valence electrons. The Balaban J connectivity index is 2.30. The quantitative estimate of drug-likeness (QED) is 0.800. The number of anilines is 1. The van der Waals surface area contributed by atoms with Crippen molar-refractivity contribution < 1.29 is 14.7 Å². The Bertz CT molecular complexity index is 709. The van der Waals surface area contributed by atoms with Crippen LogP contribution < -0.4 is 5.32 Å². The van der Waals surface area contributed by atoms with Crippen LogP contribution in [0.2, 0.25) is 0 Å².